The summed E-state index contributed by atoms with van der Waals surface area (Å²) in [5.74, 6) is -1.41. The van der Waals surface area contributed by atoms with Gasteiger partial charge in [-0.15, -0.1) is 0 Å². The number of carbonyl (C=O) groups is 2. The summed E-state index contributed by atoms with van der Waals surface area (Å²) in [5, 5.41) is 0. The van der Waals surface area contributed by atoms with E-state index in [1.807, 2.05) is 0 Å². The molecule has 16 heavy (non-hydrogen) atoms. The third kappa shape index (κ3) is 4.14. The zero-order valence-electron chi connectivity index (χ0n) is 10.0. The molecule has 1 amide bonds. The molecule has 0 aromatic carbocycles. The Morgan fingerprint density at radius 3 is 2.31 bits per heavy atom. The molecule has 0 rings (SSSR count). The van der Waals surface area contributed by atoms with Crippen molar-refractivity contribution in [3.05, 3.63) is 0 Å². The molecule has 5 nitrogen and oxygen atoms in total. The van der Waals surface area contributed by atoms with Crippen LogP contribution < -0.4 is 5.73 Å². The predicted octanol–water partition coefficient (Wildman–Crippen LogP) is 0.176. The van der Waals surface area contributed by atoms with E-state index in [4.69, 9.17) is 18.0 Å². The number of carbonyl (C=O) groups excluding carboxylic acids is 2. The summed E-state index contributed by atoms with van der Waals surface area (Å²) in [6, 6.07) is 0. The normalized spacial score (nSPS) is 13.8. The molecule has 0 saturated carbocycles. The Balaban J connectivity index is 4.36. The first-order chi connectivity index (χ1) is 7.31. The van der Waals surface area contributed by atoms with E-state index in [2.05, 4.69) is 4.74 Å². The molecule has 0 radical (unpaired) electrons. The van der Waals surface area contributed by atoms with Gasteiger partial charge in [-0.2, -0.15) is 0 Å². The van der Waals surface area contributed by atoms with Crippen LogP contribution in [0, 0.1) is 11.8 Å². The number of rotatable bonds is 5. The van der Waals surface area contributed by atoms with Gasteiger partial charge in [0.05, 0.1) is 23.9 Å². The van der Waals surface area contributed by atoms with Crippen molar-refractivity contribution < 1.29 is 14.3 Å². The molecule has 0 bridgehead atoms. The third-order valence-corrected chi connectivity index (χ3v) is 2.68. The van der Waals surface area contributed by atoms with E-state index in [9.17, 15) is 9.59 Å². The second-order valence-corrected chi connectivity index (χ2v) is 4.24. The summed E-state index contributed by atoms with van der Waals surface area (Å²) in [4.78, 5) is 24.5. The topological polar surface area (TPSA) is 72.6 Å². The van der Waals surface area contributed by atoms with Crippen molar-refractivity contribution in [2.75, 3.05) is 20.7 Å². The van der Waals surface area contributed by atoms with Crippen LogP contribution in [0.25, 0.3) is 0 Å². The van der Waals surface area contributed by atoms with E-state index >= 15 is 0 Å². The quantitative estimate of drug-likeness (QED) is 0.553. The lowest BCUT2D eigenvalue weighted by molar-refractivity contribution is -0.146. The molecule has 0 aromatic heterocycles. The Kier molecular flexibility index (Phi) is 5.95. The van der Waals surface area contributed by atoms with Crippen molar-refractivity contribution in [2.24, 2.45) is 17.6 Å². The fourth-order valence-electron chi connectivity index (χ4n) is 1.23. The first kappa shape index (κ1) is 14.8. The number of amides is 1. The number of ether oxygens (including phenoxy) is 1. The van der Waals surface area contributed by atoms with Gasteiger partial charge in [-0.25, -0.2) is 0 Å². The molecule has 2 atom stereocenters. The van der Waals surface area contributed by atoms with Crippen LogP contribution in [0.2, 0.25) is 0 Å². The van der Waals surface area contributed by atoms with Gasteiger partial charge in [0.2, 0.25) is 5.91 Å². The van der Waals surface area contributed by atoms with Crippen molar-refractivity contribution >= 4 is 29.1 Å². The summed E-state index contributed by atoms with van der Waals surface area (Å²) >= 11 is 4.74. The van der Waals surface area contributed by atoms with Gasteiger partial charge >= 0.3 is 5.97 Å². The number of esters is 1. The van der Waals surface area contributed by atoms with Crippen LogP contribution in [0.3, 0.4) is 0 Å². The third-order valence-electron chi connectivity index (χ3n) is 2.32. The van der Waals surface area contributed by atoms with Crippen molar-refractivity contribution in [1.29, 1.82) is 0 Å². The average molecular weight is 246 g/mol. The van der Waals surface area contributed by atoms with Gasteiger partial charge in [0.25, 0.3) is 0 Å². The molecule has 6 heteroatoms. The molecule has 0 aromatic rings. The highest BCUT2D eigenvalue weighted by molar-refractivity contribution is 7.80. The maximum absolute atomic E-state index is 11.7. The van der Waals surface area contributed by atoms with Gasteiger partial charge in [0.1, 0.15) is 0 Å². The summed E-state index contributed by atoms with van der Waals surface area (Å²) in [5.41, 5.74) is 5.38. The predicted molar refractivity (Wildman–Crippen MR) is 64.8 cm³/mol. The fraction of sp³-hybridized carbons (Fsp3) is 0.700. The average Bonchev–Trinajstić information content (AvgIpc) is 2.25. The molecular weight excluding hydrogens is 228 g/mol. The number of hydrogen-bond donors (Lipinski definition) is 1. The highest BCUT2D eigenvalue weighted by Crippen LogP contribution is 2.06. The van der Waals surface area contributed by atoms with Crippen LogP contribution in [0.1, 0.15) is 13.8 Å². The van der Waals surface area contributed by atoms with Gasteiger partial charge in [0.15, 0.2) is 0 Å². The zero-order valence-corrected chi connectivity index (χ0v) is 10.8. The second-order valence-electron chi connectivity index (χ2n) is 3.77. The smallest absolute Gasteiger partial charge is 0.310 e. The minimum Gasteiger partial charge on any atom is -0.469 e. The van der Waals surface area contributed by atoms with Crippen LogP contribution in [0.15, 0.2) is 0 Å². The van der Waals surface area contributed by atoms with Crippen molar-refractivity contribution in [2.45, 2.75) is 13.8 Å². The second kappa shape index (κ2) is 6.42. The Hall–Kier alpha value is -1.17. The Morgan fingerprint density at radius 2 is 1.94 bits per heavy atom. The Morgan fingerprint density at radius 1 is 1.44 bits per heavy atom. The minimum absolute atomic E-state index is 0.155. The molecule has 0 spiro atoms. The number of hydrogen-bond acceptors (Lipinski definition) is 4. The first-order valence-corrected chi connectivity index (χ1v) is 5.34. The van der Waals surface area contributed by atoms with E-state index in [1.165, 1.54) is 12.0 Å². The summed E-state index contributed by atoms with van der Waals surface area (Å²) in [6.45, 7) is 3.63. The van der Waals surface area contributed by atoms with Gasteiger partial charge in [0, 0.05) is 13.6 Å². The van der Waals surface area contributed by atoms with E-state index < -0.39 is 5.92 Å². The minimum atomic E-state index is -0.509. The lowest BCUT2D eigenvalue weighted by Crippen LogP contribution is -2.40. The highest BCUT2D eigenvalue weighted by atomic mass is 32.1. The van der Waals surface area contributed by atoms with E-state index in [1.54, 1.807) is 20.9 Å². The van der Waals surface area contributed by atoms with Crippen LogP contribution in [0.4, 0.5) is 0 Å². The van der Waals surface area contributed by atoms with Gasteiger partial charge < -0.3 is 15.4 Å². The monoisotopic (exact) mass is 246 g/mol. The molecule has 0 aliphatic rings. The SMILES string of the molecule is COC(=O)C(C)CN(C)C(=O)C(C)C(N)=S. The maximum atomic E-state index is 11.7. The fourth-order valence-corrected chi connectivity index (χ4v) is 1.33. The standard InChI is InChI=1S/C10H18N2O3S/c1-6(10(14)15-4)5-12(3)9(13)7(2)8(11)16/h6-7H,5H2,1-4H3,(H2,11,16). The van der Waals surface area contributed by atoms with Crippen molar-refractivity contribution in [3.63, 3.8) is 0 Å². The lowest BCUT2D eigenvalue weighted by Gasteiger charge is -2.23. The van der Waals surface area contributed by atoms with Crippen LogP contribution in [0.5, 0.6) is 0 Å². The molecule has 92 valence electrons. The molecule has 0 saturated heterocycles. The lowest BCUT2D eigenvalue weighted by atomic mass is 10.1. The number of nitrogens with two attached hydrogens (primary N) is 1. The summed E-state index contributed by atoms with van der Waals surface area (Å²) in [6.07, 6.45) is 0. The number of methoxy groups -OCH3 is 1. The number of thiocarbonyl (C=S) groups is 1. The maximum Gasteiger partial charge on any atom is 0.310 e. The largest absolute Gasteiger partial charge is 0.469 e. The van der Waals surface area contributed by atoms with Gasteiger partial charge in [-0.3, -0.25) is 9.59 Å². The summed E-state index contributed by atoms with van der Waals surface area (Å²) in [7, 11) is 2.93. The van der Waals surface area contributed by atoms with E-state index in [0.717, 1.165) is 0 Å². The molecular formula is C10H18N2O3S. The zero-order chi connectivity index (χ0) is 12.9. The highest BCUT2D eigenvalue weighted by Gasteiger charge is 2.23. The van der Waals surface area contributed by atoms with E-state index in [-0.39, 0.29) is 22.8 Å². The van der Waals surface area contributed by atoms with Crippen LogP contribution >= 0.6 is 12.2 Å². The first-order valence-electron chi connectivity index (χ1n) is 4.93. The summed E-state index contributed by atoms with van der Waals surface area (Å²) < 4.78 is 4.57. The molecule has 0 heterocycles. The van der Waals surface area contributed by atoms with Gasteiger partial charge in [-0.1, -0.05) is 19.1 Å². The van der Waals surface area contributed by atoms with Gasteiger partial charge in [-0.05, 0) is 6.92 Å². The molecule has 0 aliphatic heterocycles. The molecule has 2 unspecified atom stereocenters. The van der Waals surface area contributed by atoms with Crippen molar-refractivity contribution in [3.8, 4) is 0 Å². The van der Waals surface area contributed by atoms with E-state index in [0.29, 0.717) is 6.54 Å². The Labute approximate surface area is 101 Å². The Bertz CT molecular complexity index is 294. The van der Waals surface area contributed by atoms with Crippen LogP contribution in [-0.2, 0) is 14.3 Å². The number of nitrogens with zero attached hydrogens (tertiary/aromatic N) is 1. The molecule has 0 aliphatic carbocycles. The van der Waals surface area contributed by atoms with Crippen LogP contribution in [-0.4, -0.2) is 42.5 Å². The molecule has 2 N–H and O–H groups in total. The molecule has 0 fully saturated rings. The van der Waals surface area contributed by atoms with Crippen molar-refractivity contribution in [1.82, 2.24) is 4.90 Å².